The number of aliphatic carboxylic acids is 1. The Morgan fingerprint density at radius 1 is 1.14 bits per heavy atom. The third kappa shape index (κ3) is 3.48. The predicted octanol–water partition coefficient (Wildman–Crippen LogP) is 1.76. The molecule has 3 N–H and O–H groups in total. The van der Waals surface area contributed by atoms with Crippen LogP contribution in [-0.4, -0.2) is 42.6 Å². The Morgan fingerprint density at radius 3 is 2.43 bits per heavy atom. The van der Waals surface area contributed by atoms with Crippen LogP contribution in [-0.2, 0) is 24.3 Å². The fraction of sp³-hybridized carbons (Fsp3) is 0.353. The Kier molecular flexibility index (Phi) is 4.81. The van der Waals surface area contributed by atoms with Crippen molar-refractivity contribution in [2.75, 3.05) is 10.0 Å². The molecule has 2 aromatic rings. The van der Waals surface area contributed by atoms with Gasteiger partial charge in [0.05, 0.1) is 28.9 Å². The molecule has 2 bridgehead atoms. The summed E-state index contributed by atoms with van der Waals surface area (Å²) in [4.78, 5) is 28.0. The Morgan fingerprint density at radius 2 is 1.82 bits per heavy atom. The van der Waals surface area contributed by atoms with Crippen LogP contribution in [0.5, 0.6) is 0 Å². The fourth-order valence-corrected chi connectivity index (χ4v) is 5.50. The van der Waals surface area contributed by atoms with Gasteiger partial charge in [-0.15, -0.1) is 11.3 Å². The van der Waals surface area contributed by atoms with E-state index in [1.54, 1.807) is 5.38 Å². The van der Waals surface area contributed by atoms with Crippen LogP contribution >= 0.6 is 11.3 Å². The Hall–Kier alpha value is -2.50. The van der Waals surface area contributed by atoms with Crippen molar-refractivity contribution in [3.05, 3.63) is 35.8 Å². The molecule has 28 heavy (non-hydrogen) atoms. The molecule has 11 heteroatoms. The number of benzene rings is 1. The van der Waals surface area contributed by atoms with Gasteiger partial charge < -0.3 is 15.2 Å². The lowest BCUT2D eigenvalue weighted by Crippen LogP contribution is -2.40. The Balaban J connectivity index is 1.46. The Bertz CT molecular complexity index is 990. The number of aromatic nitrogens is 1. The smallest absolute Gasteiger partial charge is 0.310 e. The number of amides is 1. The second-order valence-corrected chi connectivity index (χ2v) is 9.21. The van der Waals surface area contributed by atoms with Crippen LogP contribution in [0.4, 0.5) is 10.8 Å². The summed E-state index contributed by atoms with van der Waals surface area (Å²) in [5, 5.41) is 14.0. The van der Waals surface area contributed by atoms with Crippen molar-refractivity contribution in [1.29, 1.82) is 0 Å². The molecule has 4 rings (SSSR count). The van der Waals surface area contributed by atoms with Gasteiger partial charge in [0.15, 0.2) is 5.13 Å². The number of carbonyl (C=O) groups excluding carboxylic acids is 1. The number of hydrogen-bond acceptors (Lipinski definition) is 7. The zero-order valence-corrected chi connectivity index (χ0v) is 16.1. The van der Waals surface area contributed by atoms with E-state index in [1.165, 1.54) is 30.5 Å². The summed E-state index contributed by atoms with van der Waals surface area (Å²) < 4.78 is 32.6. The summed E-state index contributed by atoms with van der Waals surface area (Å²) >= 11 is 1.16. The monoisotopic (exact) mass is 423 g/mol. The lowest BCUT2D eigenvalue weighted by atomic mass is 9.78. The summed E-state index contributed by atoms with van der Waals surface area (Å²) in [5.74, 6) is -3.09. The second kappa shape index (κ2) is 7.15. The van der Waals surface area contributed by atoms with Crippen LogP contribution in [0.3, 0.4) is 0 Å². The number of sulfonamides is 1. The molecule has 3 heterocycles. The molecular formula is C17H17N3O6S2. The first-order valence-electron chi connectivity index (χ1n) is 8.57. The highest BCUT2D eigenvalue weighted by Crippen LogP contribution is 2.44. The van der Waals surface area contributed by atoms with Crippen molar-refractivity contribution in [2.24, 2.45) is 11.8 Å². The topological polar surface area (TPSA) is 135 Å². The van der Waals surface area contributed by atoms with Crippen molar-refractivity contribution in [3.8, 4) is 0 Å². The molecule has 1 amide bonds. The van der Waals surface area contributed by atoms with E-state index in [4.69, 9.17) is 4.74 Å². The van der Waals surface area contributed by atoms with Gasteiger partial charge >= 0.3 is 5.97 Å². The average Bonchev–Trinajstić information content (AvgIpc) is 3.38. The summed E-state index contributed by atoms with van der Waals surface area (Å²) in [6.07, 6.45) is 1.97. The van der Waals surface area contributed by atoms with Crippen LogP contribution in [0.15, 0.2) is 40.7 Å². The molecule has 9 nitrogen and oxygen atoms in total. The molecule has 0 unspecified atom stereocenters. The van der Waals surface area contributed by atoms with Crippen molar-refractivity contribution in [3.63, 3.8) is 0 Å². The zero-order chi connectivity index (χ0) is 19.9. The van der Waals surface area contributed by atoms with Crippen molar-refractivity contribution in [2.45, 2.75) is 29.9 Å². The van der Waals surface area contributed by atoms with Crippen molar-refractivity contribution in [1.82, 2.24) is 4.98 Å². The molecular weight excluding hydrogens is 406 g/mol. The number of nitrogens with one attached hydrogen (secondary N) is 2. The number of nitrogens with zero attached hydrogens (tertiary/aromatic N) is 1. The maximum Gasteiger partial charge on any atom is 0.310 e. The predicted molar refractivity (Wildman–Crippen MR) is 101 cm³/mol. The molecule has 0 radical (unpaired) electrons. The lowest BCUT2D eigenvalue weighted by molar-refractivity contribution is -0.147. The van der Waals surface area contributed by atoms with Gasteiger partial charge in [0.1, 0.15) is 0 Å². The maximum atomic E-state index is 12.6. The van der Waals surface area contributed by atoms with E-state index in [0.717, 1.165) is 11.3 Å². The minimum atomic E-state index is -3.78. The molecule has 0 saturated carbocycles. The van der Waals surface area contributed by atoms with Gasteiger partial charge in [-0.3, -0.25) is 14.3 Å². The highest BCUT2D eigenvalue weighted by molar-refractivity contribution is 7.93. The summed E-state index contributed by atoms with van der Waals surface area (Å²) in [7, 11) is -3.78. The van der Waals surface area contributed by atoms with E-state index >= 15 is 0 Å². The fourth-order valence-electron chi connectivity index (χ4n) is 3.72. The van der Waals surface area contributed by atoms with E-state index in [1.807, 2.05) is 0 Å². The minimum Gasteiger partial charge on any atom is -0.481 e. The molecule has 0 aliphatic carbocycles. The molecule has 148 valence electrons. The summed E-state index contributed by atoms with van der Waals surface area (Å²) in [6, 6.07) is 5.63. The minimum absolute atomic E-state index is 0.0207. The molecule has 2 aliphatic rings. The van der Waals surface area contributed by atoms with Gasteiger partial charge in [-0.2, -0.15) is 0 Å². The standard InChI is InChI=1S/C17H17N3O6S2/c21-15(13-11-5-6-12(26-11)14(13)16(22)23)19-9-1-3-10(4-2-9)28(24,25)20-17-18-7-8-27-17/h1-4,7-8,11-14H,5-6H2,(H,18,20)(H,19,21)(H,22,23)/t11-,12+,13-,14+/m1/s1. The van der Waals surface area contributed by atoms with Crippen LogP contribution in [0.25, 0.3) is 0 Å². The SMILES string of the molecule is O=C(O)[C@@H]1[C@H](C(=O)Nc2ccc(S(=O)(=O)Nc3nccs3)cc2)[C@H]2CC[C@@H]1O2. The van der Waals surface area contributed by atoms with Gasteiger partial charge in [0, 0.05) is 17.3 Å². The molecule has 2 saturated heterocycles. The number of anilines is 2. The maximum absolute atomic E-state index is 12.6. The van der Waals surface area contributed by atoms with E-state index in [0.29, 0.717) is 18.5 Å². The van der Waals surface area contributed by atoms with E-state index < -0.39 is 45.9 Å². The quantitative estimate of drug-likeness (QED) is 0.644. The second-order valence-electron chi connectivity index (χ2n) is 6.64. The average molecular weight is 423 g/mol. The number of carbonyl (C=O) groups is 2. The molecule has 1 aromatic heterocycles. The first kappa shape index (κ1) is 18.8. The number of ether oxygens (including phenoxy) is 1. The molecule has 1 aromatic carbocycles. The van der Waals surface area contributed by atoms with Crippen LogP contribution < -0.4 is 10.0 Å². The van der Waals surface area contributed by atoms with Gasteiger partial charge in [0.2, 0.25) is 5.91 Å². The highest BCUT2D eigenvalue weighted by atomic mass is 32.2. The molecule has 2 fully saturated rings. The highest BCUT2D eigenvalue weighted by Gasteiger charge is 2.55. The van der Waals surface area contributed by atoms with Crippen molar-refractivity contribution < 1.29 is 27.9 Å². The number of thiazole rings is 1. The summed E-state index contributed by atoms with van der Waals surface area (Å²) in [5.41, 5.74) is 0.380. The molecule has 0 spiro atoms. The van der Waals surface area contributed by atoms with E-state index in [-0.39, 0.29) is 10.0 Å². The zero-order valence-electron chi connectivity index (χ0n) is 14.4. The van der Waals surface area contributed by atoms with Crippen LogP contribution in [0.1, 0.15) is 12.8 Å². The number of rotatable bonds is 6. The van der Waals surface area contributed by atoms with Gasteiger partial charge in [-0.1, -0.05) is 0 Å². The summed E-state index contributed by atoms with van der Waals surface area (Å²) in [6.45, 7) is 0. The van der Waals surface area contributed by atoms with E-state index in [9.17, 15) is 23.1 Å². The van der Waals surface area contributed by atoms with Crippen molar-refractivity contribution >= 4 is 44.1 Å². The van der Waals surface area contributed by atoms with Gasteiger partial charge in [0.25, 0.3) is 10.0 Å². The van der Waals surface area contributed by atoms with Gasteiger partial charge in [-0.25, -0.2) is 13.4 Å². The first-order valence-corrected chi connectivity index (χ1v) is 10.9. The van der Waals surface area contributed by atoms with Crippen LogP contribution in [0, 0.1) is 11.8 Å². The van der Waals surface area contributed by atoms with Crippen LogP contribution in [0.2, 0.25) is 0 Å². The van der Waals surface area contributed by atoms with Gasteiger partial charge in [-0.05, 0) is 37.1 Å². The largest absolute Gasteiger partial charge is 0.481 e. The Labute approximate surface area is 164 Å². The number of hydrogen-bond donors (Lipinski definition) is 3. The number of carboxylic acid groups (broad SMARTS) is 1. The normalized spacial score (nSPS) is 26.1. The van der Waals surface area contributed by atoms with E-state index in [2.05, 4.69) is 15.0 Å². The third-order valence-electron chi connectivity index (χ3n) is 4.95. The number of carboxylic acids is 1. The first-order chi connectivity index (χ1) is 13.3. The number of fused-ring (bicyclic) bond motifs is 2. The molecule has 4 atom stereocenters. The lowest BCUT2D eigenvalue weighted by Gasteiger charge is -2.23. The third-order valence-corrected chi connectivity index (χ3v) is 7.12. The molecule has 2 aliphatic heterocycles.